The highest BCUT2D eigenvalue weighted by Gasteiger charge is 2.26. The van der Waals surface area contributed by atoms with Crippen LogP contribution in [0.3, 0.4) is 0 Å². The molecule has 0 aliphatic rings. The van der Waals surface area contributed by atoms with Gasteiger partial charge in [0.2, 0.25) is 0 Å². The molecule has 1 N–H and O–H groups in total. The summed E-state index contributed by atoms with van der Waals surface area (Å²) in [5, 5.41) is 9.70. The van der Waals surface area contributed by atoms with Crippen LogP contribution in [0.25, 0.3) is 0 Å². The Labute approximate surface area is 135 Å². The minimum Gasteiger partial charge on any atom is -0.481 e. The van der Waals surface area contributed by atoms with Gasteiger partial charge in [-0.25, -0.2) is 4.98 Å². The zero-order chi connectivity index (χ0) is 15.4. The third-order valence-electron chi connectivity index (χ3n) is 2.94. The molecule has 0 spiro atoms. The molecule has 1 aromatic heterocycles. The number of halogens is 2. The highest BCUT2D eigenvalue weighted by Crippen LogP contribution is 2.29. The van der Waals surface area contributed by atoms with Crippen LogP contribution in [0.1, 0.15) is 17.2 Å². The third kappa shape index (κ3) is 3.71. The number of nitrogens with zero attached hydrogens (tertiary/aromatic N) is 2. The van der Waals surface area contributed by atoms with E-state index in [0.29, 0.717) is 0 Å². The summed E-state index contributed by atoms with van der Waals surface area (Å²) in [6.07, 6.45) is 1.61. The molecular weight excluding hydrogens is 360 g/mol. The fourth-order valence-electron chi connectivity index (χ4n) is 1.89. The van der Waals surface area contributed by atoms with Crippen LogP contribution in [0.4, 0.5) is 0 Å². The molecule has 0 saturated heterocycles. The van der Waals surface area contributed by atoms with E-state index in [9.17, 15) is 9.90 Å². The van der Waals surface area contributed by atoms with Gasteiger partial charge in [0.1, 0.15) is 5.92 Å². The Kier molecular flexibility index (Phi) is 5.14. The van der Waals surface area contributed by atoms with Crippen LogP contribution in [0, 0.1) is 0 Å². The van der Waals surface area contributed by atoms with Crippen LogP contribution in [0.15, 0.2) is 34.9 Å². The minimum atomic E-state index is -1.01. The van der Waals surface area contributed by atoms with Gasteiger partial charge in [-0.3, -0.25) is 4.79 Å². The summed E-state index contributed by atoms with van der Waals surface area (Å²) in [6, 6.07) is 7.52. The summed E-state index contributed by atoms with van der Waals surface area (Å²) in [5.41, 5.74) is 1.10. The van der Waals surface area contributed by atoms with Crippen molar-refractivity contribution in [3.8, 4) is 6.01 Å². The van der Waals surface area contributed by atoms with E-state index in [-0.39, 0.29) is 23.1 Å². The molecule has 0 bridgehead atoms. The molecule has 1 aromatic carbocycles. The first kappa shape index (κ1) is 15.7. The summed E-state index contributed by atoms with van der Waals surface area (Å²) in [5.74, 6) is -1.89. The number of methoxy groups -OCH3 is 1. The number of carbonyl (C=O) groups is 1. The number of aromatic nitrogens is 2. The van der Waals surface area contributed by atoms with Crippen molar-refractivity contribution >= 4 is 33.5 Å². The summed E-state index contributed by atoms with van der Waals surface area (Å²) in [7, 11) is 1.41. The molecule has 0 radical (unpaired) electrons. The van der Waals surface area contributed by atoms with E-state index in [1.54, 1.807) is 0 Å². The number of carboxylic acid groups (broad SMARTS) is 1. The number of carboxylic acids is 1. The van der Waals surface area contributed by atoms with Crippen LogP contribution in [-0.2, 0) is 11.2 Å². The lowest BCUT2D eigenvalue weighted by atomic mass is 9.96. The number of aliphatic carboxylic acids is 1. The lowest BCUT2D eigenvalue weighted by molar-refractivity contribution is -0.138. The Morgan fingerprint density at radius 1 is 1.48 bits per heavy atom. The van der Waals surface area contributed by atoms with Crippen LogP contribution < -0.4 is 4.74 Å². The molecule has 1 unspecified atom stereocenters. The number of hydrogen-bond acceptors (Lipinski definition) is 4. The summed E-state index contributed by atoms with van der Waals surface area (Å²) in [6.45, 7) is 0. The van der Waals surface area contributed by atoms with Crippen LogP contribution in [-0.4, -0.2) is 28.2 Å². The maximum atomic E-state index is 11.6. The molecule has 2 rings (SSSR count). The molecule has 2 aromatic rings. The molecule has 7 heteroatoms. The van der Waals surface area contributed by atoms with Crippen molar-refractivity contribution in [3.05, 3.63) is 51.2 Å². The van der Waals surface area contributed by atoms with Gasteiger partial charge < -0.3 is 9.84 Å². The fourth-order valence-corrected chi connectivity index (χ4v) is 2.56. The average molecular weight is 372 g/mol. The molecule has 0 aliphatic carbocycles. The monoisotopic (exact) mass is 370 g/mol. The van der Waals surface area contributed by atoms with E-state index in [0.717, 1.165) is 10.0 Å². The lowest BCUT2D eigenvalue weighted by Crippen LogP contribution is -2.17. The zero-order valence-electron chi connectivity index (χ0n) is 11.1. The van der Waals surface area contributed by atoms with Crippen molar-refractivity contribution in [2.45, 2.75) is 12.3 Å². The maximum absolute atomic E-state index is 11.6. The predicted octanol–water partition coefficient (Wildman–Crippen LogP) is 3.31. The van der Waals surface area contributed by atoms with E-state index in [1.807, 2.05) is 24.3 Å². The van der Waals surface area contributed by atoms with E-state index in [1.165, 1.54) is 13.3 Å². The first-order chi connectivity index (χ1) is 10.0. The van der Waals surface area contributed by atoms with Crippen molar-refractivity contribution in [2.24, 2.45) is 0 Å². The van der Waals surface area contributed by atoms with E-state index in [2.05, 4.69) is 25.9 Å². The van der Waals surface area contributed by atoms with Crippen molar-refractivity contribution in [1.82, 2.24) is 9.97 Å². The molecule has 1 atom stereocenters. The Balaban J connectivity index is 2.40. The molecule has 0 amide bonds. The van der Waals surface area contributed by atoms with Crippen molar-refractivity contribution in [2.75, 3.05) is 7.11 Å². The lowest BCUT2D eigenvalue weighted by Gasteiger charge is -2.14. The Morgan fingerprint density at radius 3 is 2.81 bits per heavy atom. The van der Waals surface area contributed by atoms with Gasteiger partial charge in [0, 0.05) is 4.47 Å². The van der Waals surface area contributed by atoms with Gasteiger partial charge in [-0.05, 0) is 18.1 Å². The highest BCUT2D eigenvalue weighted by molar-refractivity contribution is 9.10. The van der Waals surface area contributed by atoms with Gasteiger partial charge in [-0.1, -0.05) is 45.7 Å². The topological polar surface area (TPSA) is 72.3 Å². The number of hydrogen-bond donors (Lipinski definition) is 1. The third-order valence-corrected chi connectivity index (χ3v) is 4.01. The molecule has 5 nitrogen and oxygen atoms in total. The Morgan fingerprint density at radius 2 is 2.19 bits per heavy atom. The molecule has 1 heterocycles. The SMILES string of the molecule is COc1ncc(Cl)c(C(Cc2ccccc2Br)C(=O)O)n1. The number of benzene rings is 1. The van der Waals surface area contributed by atoms with Crippen LogP contribution in [0.2, 0.25) is 5.02 Å². The molecular formula is C14H12BrClN2O3. The normalized spacial score (nSPS) is 12.0. The van der Waals surface area contributed by atoms with Gasteiger partial charge in [0.25, 0.3) is 0 Å². The van der Waals surface area contributed by atoms with Gasteiger partial charge >= 0.3 is 12.0 Å². The Bertz CT molecular complexity index is 666. The maximum Gasteiger partial charge on any atom is 0.316 e. The summed E-state index contributed by atoms with van der Waals surface area (Å²) < 4.78 is 5.77. The van der Waals surface area contributed by atoms with Crippen molar-refractivity contribution in [3.63, 3.8) is 0 Å². The smallest absolute Gasteiger partial charge is 0.316 e. The zero-order valence-corrected chi connectivity index (χ0v) is 13.4. The predicted molar refractivity (Wildman–Crippen MR) is 81.8 cm³/mol. The minimum absolute atomic E-state index is 0.0905. The second-order valence-corrected chi connectivity index (χ2v) is 5.54. The van der Waals surface area contributed by atoms with Gasteiger partial charge in [0.05, 0.1) is 24.0 Å². The molecule has 110 valence electrons. The standard InChI is InChI=1S/C14H12BrClN2O3/c1-21-14-17-7-11(16)12(18-14)9(13(19)20)6-8-4-2-3-5-10(8)15/h2-5,7,9H,6H2,1H3,(H,19,20). The quantitative estimate of drug-likeness (QED) is 0.873. The molecule has 0 saturated carbocycles. The summed E-state index contributed by atoms with van der Waals surface area (Å²) >= 11 is 9.45. The fraction of sp³-hybridized carbons (Fsp3) is 0.214. The molecule has 21 heavy (non-hydrogen) atoms. The van der Waals surface area contributed by atoms with Crippen molar-refractivity contribution in [1.29, 1.82) is 0 Å². The second kappa shape index (κ2) is 6.87. The Hall–Kier alpha value is -1.66. The van der Waals surface area contributed by atoms with Crippen LogP contribution in [0.5, 0.6) is 6.01 Å². The van der Waals surface area contributed by atoms with Gasteiger partial charge in [-0.15, -0.1) is 0 Å². The van der Waals surface area contributed by atoms with Crippen molar-refractivity contribution < 1.29 is 14.6 Å². The molecule has 0 aliphatic heterocycles. The number of rotatable bonds is 5. The van der Waals surface area contributed by atoms with Gasteiger partial charge in [-0.2, -0.15) is 4.98 Å². The van der Waals surface area contributed by atoms with Gasteiger partial charge in [0.15, 0.2) is 0 Å². The van der Waals surface area contributed by atoms with E-state index in [4.69, 9.17) is 16.3 Å². The first-order valence-electron chi connectivity index (χ1n) is 6.05. The summed E-state index contributed by atoms with van der Waals surface area (Å²) in [4.78, 5) is 19.5. The van der Waals surface area contributed by atoms with E-state index < -0.39 is 11.9 Å². The van der Waals surface area contributed by atoms with E-state index >= 15 is 0 Å². The molecule has 0 fully saturated rings. The highest BCUT2D eigenvalue weighted by atomic mass is 79.9. The largest absolute Gasteiger partial charge is 0.481 e. The van der Waals surface area contributed by atoms with Crippen LogP contribution >= 0.6 is 27.5 Å². The first-order valence-corrected chi connectivity index (χ1v) is 7.22. The average Bonchev–Trinajstić information content (AvgIpc) is 2.47. The second-order valence-electron chi connectivity index (χ2n) is 4.28. The number of ether oxygens (including phenoxy) is 1.